The Morgan fingerprint density at radius 2 is 2.07 bits per heavy atom. The number of benzene rings is 1. The van der Waals surface area contributed by atoms with Crippen LogP contribution in [0.1, 0.15) is 29.4 Å². The molecule has 11 heteroatoms. The van der Waals surface area contributed by atoms with Crippen molar-refractivity contribution >= 4 is 21.4 Å². The largest absolute Gasteiger partial charge is 0.477 e. The van der Waals surface area contributed by atoms with Crippen molar-refractivity contribution in [3.63, 3.8) is 0 Å². The van der Waals surface area contributed by atoms with E-state index in [0.29, 0.717) is 6.42 Å². The summed E-state index contributed by atoms with van der Waals surface area (Å²) in [5, 5.41) is 15.6. The van der Waals surface area contributed by atoms with Crippen molar-refractivity contribution in [2.75, 3.05) is 25.2 Å². The number of nitro benzene ring substituents is 1. The molecule has 2 aromatic rings. The zero-order valence-electron chi connectivity index (χ0n) is 17.1. The number of hydrogen-bond donors (Lipinski definition) is 0. The van der Waals surface area contributed by atoms with Gasteiger partial charge in [-0.25, -0.2) is 8.42 Å². The highest BCUT2D eigenvalue weighted by molar-refractivity contribution is 7.91. The lowest BCUT2D eigenvalue weighted by atomic mass is 10.1. The maximum atomic E-state index is 12.5. The number of ether oxygens (including phenoxy) is 1. The van der Waals surface area contributed by atoms with Gasteiger partial charge >= 0.3 is 5.69 Å². The fraction of sp³-hybridized carbons (Fsp3) is 0.474. The third-order valence-electron chi connectivity index (χ3n) is 5.26. The Balaban J connectivity index is 1.67. The van der Waals surface area contributed by atoms with E-state index in [4.69, 9.17) is 4.74 Å². The van der Waals surface area contributed by atoms with E-state index in [1.165, 1.54) is 23.1 Å². The van der Waals surface area contributed by atoms with E-state index in [0.717, 1.165) is 17.0 Å². The summed E-state index contributed by atoms with van der Waals surface area (Å²) in [5.41, 5.74) is 2.21. The van der Waals surface area contributed by atoms with Gasteiger partial charge in [0, 0.05) is 30.9 Å². The summed E-state index contributed by atoms with van der Waals surface area (Å²) < 4.78 is 30.7. The SMILES string of the molecule is Cc1nn([C@@H]2CCS(=O)(=O)C2)c(C)c1CN(C)C(=O)COc1ccccc1[N+](=O)[O-]. The predicted molar refractivity (Wildman–Crippen MR) is 109 cm³/mol. The smallest absolute Gasteiger partial charge is 0.310 e. The molecule has 0 N–H and O–H groups in total. The summed E-state index contributed by atoms with van der Waals surface area (Å²) in [6.07, 6.45) is 0.530. The van der Waals surface area contributed by atoms with Crippen LogP contribution in [0.2, 0.25) is 0 Å². The molecule has 0 aliphatic carbocycles. The summed E-state index contributed by atoms with van der Waals surface area (Å²) in [5.74, 6) is -0.0745. The fourth-order valence-electron chi connectivity index (χ4n) is 3.55. The topological polar surface area (TPSA) is 125 Å². The molecule has 1 atom stereocenters. The van der Waals surface area contributed by atoms with Gasteiger partial charge in [-0.05, 0) is 26.3 Å². The van der Waals surface area contributed by atoms with Gasteiger partial charge in [0.2, 0.25) is 0 Å². The van der Waals surface area contributed by atoms with E-state index in [9.17, 15) is 23.3 Å². The molecule has 2 heterocycles. The lowest BCUT2D eigenvalue weighted by Crippen LogP contribution is -2.31. The zero-order valence-corrected chi connectivity index (χ0v) is 17.9. The molecule has 3 rings (SSSR count). The number of nitro groups is 1. The number of amides is 1. The molecule has 1 aliphatic rings. The van der Waals surface area contributed by atoms with Crippen LogP contribution in [-0.4, -0.2) is 59.1 Å². The van der Waals surface area contributed by atoms with Crippen molar-refractivity contribution in [2.45, 2.75) is 32.9 Å². The van der Waals surface area contributed by atoms with Gasteiger partial charge in [0.1, 0.15) is 0 Å². The average molecular weight is 436 g/mol. The van der Waals surface area contributed by atoms with Gasteiger partial charge in [-0.2, -0.15) is 5.10 Å². The van der Waals surface area contributed by atoms with E-state index >= 15 is 0 Å². The number of carbonyl (C=O) groups is 1. The van der Waals surface area contributed by atoms with E-state index in [2.05, 4.69) is 5.10 Å². The average Bonchev–Trinajstić information content (AvgIpc) is 3.19. The second-order valence-electron chi connectivity index (χ2n) is 7.41. The van der Waals surface area contributed by atoms with Gasteiger partial charge in [0.15, 0.2) is 22.2 Å². The molecule has 1 saturated heterocycles. The number of aromatic nitrogens is 2. The molecule has 1 aromatic heterocycles. The van der Waals surface area contributed by atoms with Crippen LogP contribution < -0.4 is 4.74 Å². The van der Waals surface area contributed by atoms with Gasteiger partial charge in [0.25, 0.3) is 5.91 Å². The molecule has 1 amide bonds. The first-order chi connectivity index (χ1) is 14.1. The van der Waals surface area contributed by atoms with Crippen LogP contribution in [0.5, 0.6) is 5.75 Å². The number of carbonyl (C=O) groups excluding carboxylic acids is 1. The molecule has 162 valence electrons. The number of sulfone groups is 1. The molecule has 0 spiro atoms. The molecule has 10 nitrogen and oxygen atoms in total. The van der Waals surface area contributed by atoms with Crippen molar-refractivity contribution < 1.29 is 22.9 Å². The Kier molecular flexibility index (Phi) is 6.11. The summed E-state index contributed by atoms with van der Waals surface area (Å²) in [7, 11) is -1.42. The van der Waals surface area contributed by atoms with Crippen LogP contribution in [0.4, 0.5) is 5.69 Å². The van der Waals surface area contributed by atoms with E-state index < -0.39 is 14.8 Å². The van der Waals surface area contributed by atoms with Gasteiger partial charge < -0.3 is 9.64 Å². The minimum Gasteiger partial charge on any atom is -0.477 e. The second kappa shape index (κ2) is 8.42. The first-order valence-corrected chi connectivity index (χ1v) is 11.3. The first kappa shape index (κ1) is 21.8. The summed E-state index contributed by atoms with van der Waals surface area (Å²) in [6.45, 7) is 3.62. The van der Waals surface area contributed by atoms with E-state index in [1.54, 1.807) is 17.8 Å². The van der Waals surface area contributed by atoms with Gasteiger partial charge in [0.05, 0.1) is 28.2 Å². The lowest BCUT2D eigenvalue weighted by molar-refractivity contribution is -0.385. The Morgan fingerprint density at radius 1 is 1.37 bits per heavy atom. The highest BCUT2D eigenvalue weighted by atomic mass is 32.2. The molecule has 0 unspecified atom stereocenters. The van der Waals surface area contributed by atoms with Crippen LogP contribution in [0.3, 0.4) is 0 Å². The zero-order chi connectivity index (χ0) is 22.1. The van der Waals surface area contributed by atoms with Gasteiger partial charge in [-0.1, -0.05) is 12.1 Å². The minimum atomic E-state index is -3.03. The van der Waals surface area contributed by atoms with Crippen LogP contribution in [0.15, 0.2) is 24.3 Å². The molecule has 1 fully saturated rings. The van der Waals surface area contributed by atoms with E-state index in [1.807, 2.05) is 13.8 Å². The Hall–Kier alpha value is -2.95. The number of para-hydroxylation sites is 2. The molecule has 1 aliphatic heterocycles. The Morgan fingerprint density at radius 3 is 2.70 bits per heavy atom. The highest BCUT2D eigenvalue weighted by Crippen LogP contribution is 2.28. The molecular formula is C19H24N4O6S. The quantitative estimate of drug-likeness (QED) is 0.479. The Bertz CT molecular complexity index is 1080. The number of rotatable bonds is 7. The van der Waals surface area contributed by atoms with Crippen molar-refractivity contribution in [3.05, 3.63) is 51.3 Å². The van der Waals surface area contributed by atoms with Crippen LogP contribution in [-0.2, 0) is 21.2 Å². The highest BCUT2D eigenvalue weighted by Gasteiger charge is 2.31. The molecule has 0 bridgehead atoms. The summed E-state index contributed by atoms with van der Waals surface area (Å²) in [6, 6.07) is 5.69. The van der Waals surface area contributed by atoms with Crippen molar-refractivity contribution in [2.24, 2.45) is 0 Å². The predicted octanol–water partition coefficient (Wildman–Crippen LogP) is 1.81. The maximum Gasteiger partial charge on any atom is 0.310 e. The number of nitrogens with zero attached hydrogens (tertiary/aromatic N) is 4. The Labute approximate surface area is 174 Å². The van der Waals surface area contributed by atoms with Crippen LogP contribution >= 0.6 is 0 Å². The fourth-order valence-corrected chi connectivity index (χ4v) is 5.25. The number of likely N-dealkylation sites (N-methyl/N-ethyl adjacent to an activating group) is 1. The standard InChI is InChI=1S/C19H24N4O6S/c1-13-16(14(2)22(20-13)15-8-9-30(27,28)12-15)10-21(3)19(24)11-29-18-7-5-4-6-17(18)23(25)26/h4-7,15H,8-12H2,1-3H3/t15-/m1/s1. The molecule has 30 heavy (non-hydrogen) atoms. The normalized spacial score (nSPS) is 17.6. The third kappa shape index (κ3) is 4.61. The van der Waals surface area contributed by atoms with E-state index in [-0.39, 0.29) is 48.0 Å². The molecule has 1 aromatic carbocycles. The van der Waals surface area contributed by atoms with Crippen molar-refractivity contribution in [1.29, 1.82) is 0 Å². The summed E-state index contributed by atoms with van der Waals surface area (Å²) in [4.78, 5) is 24.4. The summed E-state index contributed by atoms with van der Waals surface area (Å²) >= 11 is 0. The van der Waals surface area contributed by atoms with Gasteiger partial charge in [-0.3, -0.25) is 19.6 Å². The van der Waals surface area contributed by atoms with Crippen LogP contribution in [0, 0.1) is 24.0 Å². The number of hydrogen-bond acceptors (Lipinski definition) is 7. The number of aryl methyl sites for hydroxylation is 1. The van der Waals surface area contributed by atoms with Gasteiger partial charge in [-0.15, -0.1) is 0 Å². The molecular weight excluding hydrogens is 412 g/mol. The minimum absolute atomic E-state index is 0.0341. The molecule has 0 saturated carbocycles. The lowest BCUT2D eigenvalue weighted by Gasteiger charge is -2.18. The maximum absolute atomic E-state index is 12.5. The van der Waals surface area contributed by atoms with Crippen molar-refractivity contribution in [3.8, 4) is 5.75 Å². The monoisotopic (exact) mass is 436 g/mol. The van der Waals surface area contributed by atoms with Crippen molar-refractivity contribution in [1.82, 2.24) is 14.7 Å². The second-order valence-corrected chi connectivity index (χ2v) is 9.64. The van der Waals surface area contributed by atoms with Crippen LogP contribution in [0.25, 0.3) is 0 Å². The third-order valence-corrected chi connectivity index (χ3v) is 7.01. The first-order valence-electron chi connectivity index (χ1n) is 9.44. The molecule has 0 radical (unpaired) electrons.